The number of hydrogen-bond acceptors (Lipinski definition) is 1. The third-order valence-corrected chi connectivity index (χ3v) is 3.76. The molecule has 0 aliphatic carbocycles. The van der Waals surface area contributed by atoms with E-state index in [4.69, 9.17) is 0 Å². The molecule has 0 spiro atoms. The molecule has 2 aromatic carbocycles. The van der Waals surface area contributed by atoms with Crippen molar-refractivity contribution in [1.82, 2.24) is 5.32 Å². The van der Waals surface area contributed by atoms with Crippen LogP contribution in [-0.4, -0.2) is 6.54 Å². The molecule has 0 aliphatic rings. The summed E-state index contributed by atoms with van der Waals surface area (Å²) in [6.07, 6.45) is 1.16. The predicted octanol–water partition coefficient (Wildman–Crippen LogP) is 5.18. The lowest BCUT2D eigenvalue weighted by Gasteiger charge is -2.18. The highest BCUT2D eigenvalue weighted by molar-refractivity contribution is 9.10. The highest BCUT2D eigenvalue weighted by atomic mass is 79.9. The van der Waals surface area contributed by atoms with Gasteiger partial charge in [0.1, 0.15) is 0 Å². The van der Waals surface area contributed by atoms with E-state index in [1.165, 1.54) is 16.7 Å². The summed E-state index contributed by atoms with van der Waals surface area (Å²) in [5.74, 6) is 0. The summed E-state index contributed by atoms with van der Waals surface area (Å²) in [7, 11) is 0. The van der Waals surface area contributed by atoms with Gasteiger partial charge >= 0.3 is 0 Å². The maximum absolute atomic E-state index is 3.56. The lowest BCUT2D eigenvalue weighted by molar-refractivity contribution is 0.572. The normalized spacial score (nSPS) is 12.4. The minimum Gasteiger partial charge on any atom is -0.310 e. The topological polar surface area (TPSA) is 12.0 Å². The van der Waals surface area contributed by atoms with E-state index < -0.39 is 0 Å². The van der Waals surface area contributed by atoms with Gasteiger partial charge in [0.25, 0.3) is 0 Å². The fourth-order valence-corrected chi connectivity index (χ4v) is 2.66. The van der Waals surface area contributed by atoms with Crippen LogP contribution in [0.2, 0.25) is 0 Å². The van der Waals surface area contributed by atoms with Gasteiger partial charge in [0.05, 0.1) is 0 Å². The highest BCUT2D eigenvalue weighted by Crippen LogP contribution is 2.29. The van der Waals surface area contributed by atoms with Crippen LogP contribution in [0.5, 0.6) is 0 Å². The van der Waals surface area contributed by atoms with E-state index in [1.54, 1.807) is 0 Å². The predicted molar refractivity (Wildman–Crippen MR) is 86.3 cm³/mol. The van der Waals surface area contributed by atoms with Crippen LogP contribution in [0, 0.1) is 0 Å². The average molecular weight is 318 g/mol. The van der Waals surface area contributed by atoms with Crippen LogP contribution in [0.1, 0.15) is 31.9 Å². The first-order valence-corrected chi connectivity index (χ1v) is 7.60. The zero-order chi connectivity index (χ0) is 13.7. The summed E-state index contributed by atoms with van der Waals surface area (Å²) in [4.78, 5) is 0. The molecule has 0 aromatic heterocycles. The molecule has 2 rings (SSSR count). The van der Waals surface area contributed by atoms with Gasteiger partial charge in [-0.25, -0.2) is 0 Å². The Hall–Kier alpha value is -1.12. The van der Waals surface area contributed by atoms with Crippen molar-refractivity contribution in [2.24, 2.45) is 0 Å². The molecule has 100 valence electrons. The summed E-state index contributed by atoms with van der Waals surface area (Å²) >= 11 is 3.55. The van der Waals surface area contributed by atoms with Crippen molar-refractivity contribution >= 4 is 15.9 Å². The SMILES string of the molecule is CCCNC(C)c1ccccc1-c1cccc(Br)c1. The summed E-state index contributed by atoms with van der Waals surface area (Å²) in [5.41, 5.74) is 3.92. The Morgan fingerprint density at radius 3 is 2.63 bits per heavy atom. The van der Waals surface area contributed by atoms with Gasteiger partial charge in [-0.1, -0.05) is 59.3 Å². The van der Waals surface area contributed by atoms with Gasteiger partial charge in [0, 0.05) is 10.5 Å². The zero-order valence-corrected chi connectivity index (χ0v) is 13.1. The zero-order valence-electron chi connectivity index (χ0n) is 11.5. The minimum absolute atomic E-state index is 0.370. The maximum atomic E-state index is 3.56. The maximum Gasteiger partial charge on any atom is 0.0297 e. The van der Waals surface area contributed by atoms with Gasteiger partial charge in [0.2, 0.25) is 0 Å². The molecule has 0 aliphatic heterocycles. The molecule has 0 bridgehead atoms. The number of benzene rings is 2. The largest absolute Gasteiger partial charge is 0.310 e. The van der Waals surface area contributed by atoms with Gasteiger partial charge in [0.15, 0.2) is 0 Å². The molecule has 0 saturated carbocycles. The van der Waals surface area contributed by atoms with Crippen molar-refractivity contribution in [2.75, 3.05) is 6.54 Å². The number of rotatable bonds is 5. The second kappa shape index (κ2) is 6.88. The summed E-state index contributed by atoms with van der Waals surface area (Å²) in [5, 5.41) is 3.56. The van der Waals surface area contributed by atoms with Crippen LogP contribution >= 0.6 is 15.9 Å². The molecular formula is C17H20BrN. The second-order valence-corrected chi connectivity index (χ2v) is 5.69. The Bertz CT molecular complexity index is 536. The van der Waals surface area contributed by atoms with Crippen molar-refractivity contribution in [3.8, 4) is 11.1 Å². The van der Waals surface area contributed by atoms with E-state index in [2.05, 4.69) is 83.6 Å². The molecule has 1 unspecified atom stereocenters. The molecular weight excluding hydrogens is 298 g/mol. The van der Waals surface area contributed by atoms with Gasteiger partial charge in [-0.2, -0.15) is 0 Å². The van der Waals surface area contributed by atoms with Gasteiger partial charge < -0.3 is 5.32 Å². The van der Waals surface area contributed by atoms with Crippen LogP contribution in [-0.2, 0) is 0 Å². The Morgan fingerprint density at radius 1 is 1.11 bits per heavy atom. The molecule has 1 atom stereocenters. The first-order chi connectivity index (χ1) is 9.22. The van der Waals surface area contributed by atoms with E-state index in [1.807, 2.05) is 0 Å². The molecule has 0 saturated heterocycles. The van der Waals surface area contributed by atoms with Crippen molar-refractivity contribution in [1.29, 1.82) is 0 Å². The van der Waals surface area contributed by atoms with E-state index in [0.29, 0.717) is 6.04 Å². The summed E-state index contributed by atoms with van der Waals surface area (Å²) in [6.45, 7) is 5.47. The van der Waals surface area contributed by atoms with Crippen LogP contribution in [0.15, 0.2) is 53.0 Å². The molecule has 2 heteroatoms. The van der Waals surface area contributed by atoms with Gasteiger partial charge in [-0.05, 0) is 48.7 Å². The molecule has 0 heterocycles. The Morgan fingerprint density at radius 2 is 1.89 bits per heavy atom. The molecule has 2 aromatic rings. The fraction of sp³-hybridized carbons (Fsp3) is 0.294. The Labute approximate surface area is 124 Å². The lowest BCUT2D eigenvalue weighted by Crippen LogP contribution is -2.19. The summed E-state index contributed by atoms with van der Waals surface area (Å²) in [6, 6.07) is 17.5. The van der Waals surface area contributed by atoms with Gasteiger partial charge in [-0.15, -0.1) is 0 Å². The van der Waals surface area contributed by atoms with Crippen molar-refractivity contribution in [3.05, 3.63) is 58.6 Å². The van der Waals surface area contributed by atoms with E-state index in [9.17, 15) is 0 Å². The van der Waals surface area contributed by atoms with E-state index in [-0.39, 0.29) is 0 Å². The van der Waals surface area contributed by atoms with Crippen LogP contribution in [0.3, 0.4) is 0 Å². The molecule has 0 fully saturated rings. The molecule has 0 amide bonds. The third-order valence-electron chi connectivity index (χ3n) is 3.26. The fourth-order valence-electron chi connectivity index (χ4n) is 2.26. The first kappa shape index (κ1) is 14.3. The first-order valence-electron chi connectivity index (χ1n) is 6.80. The molecule has 1 N–H and O–H groups in total. The van der Waals surface area contributed by atoms with Crippen molar-refractivity contribution < 1.29 is 0 Å². The third kappa shape index (κ3) is 3.68. The van der Waals surface area contributed by atoms with Crippen LogP contribution in [0.4, 0.5) is 0 Å². The Balaban J connectivity index is 2.35. The summed E-state index contributed by atoms with van der Waals surface area (Å²) < 4.78 is 1.12. The van der Waals surface area contributed by atoms with E-state index >= 15 is 0 Å². The van der Waals surface area contributed by atoms with Crippen molar-refractivity contribution in [3.63, 3.8) is 0 Å². The number of nitrogens with one attached hydrogen (secondary N) is 1. The second-order valence-electron chi connectivity index (χ2n) is 4.77. The molecule has 19 heavy (non-hydrogen) atoms. The van der Waals surface area contributed by atoms with Crippen molar-refractivity contribution in [2.45, 2.75) is 26.3 Å². The van der Waals surface area contributed by atoms with Gasteiger partial charge in [-0.3, -0.25) is 0 Å². The molecule has 0 radical (unpaired) electrons. The smallest absolute Gasteiger partial charge is 0.0297 e. The van der Waals surface area contributed by atoms with Crippen LogP contribution < -0.4 is 5.32 Å². The number of halogens is 1. The quantitative estimate of drug-likeness (QED) is 0.801. The Kier molecular flexibility index (Phi) is 5.17. The highest BCUT2D eigenvalue weighted by Gasteiger charge is 2.10. The number of hydrogen-bond donors (Lipinski definition) is 1. The monoisotopic (exact) mass is 317 g/mol. The molecule has 1 nitrogen and oxygen atoms in total. The van der Waals surface area contributed by atoms with Crippen LogP contribution in [0.25, 0.3) is 11.1 Å². The van der Waals surface area contributed by atoms with E-state index in [0.717, 1.165) is 17.4 Å². The lowest BCUT2D eigenvalue weighted by atomic mass is 9.95. The average Bonchev–Trinajstić information content (AvgIpc) is 2.45. The minimum atomic E-state index is 0.370. The standard InChI is InChI=1S/C17H20BrN/c1-3-11-19-13(2)16-9-4-5-10-17(16)14-7-6-8-15(18)12-14/h4-10,12-13,19H,3,11H2,1-2H3.